The highest BCUT2D eigenvalue weighted by atomic mass is 32.2. The number of phenolic OH excluding ortho intramolecular Hbond substituents is 1. The van der Waals surface area contributed by atoms with Crippen molar-refractivity contribution in [2.75, 3.05) is 6.26 Å². The minimum absolute atomic E-state index is 0.0308. The van der Waals surface area contributed by atoms with E-state index in [2.05, 4.69) is 0 Å². The summed E-state index contributed by atoms with van der Waals surface area (Å²) in [6, 6.07) is 11.5. The Hall–Kier alpha value is -2.01. The molecule has 0 saturated carbocycles. The summed E-state index contributed by atoms with van der Waals surface area (Å²) in [4.78, 5) is 11.3. The maximum atomic E-state index is 10.7. The molecule has 0 atom stereocenters. The first-order valence-electron chi connectivity index (χ1n) is 5.23. The number of hydrogen-bond donors (Lipinski definition) is 1. The van der Waals surface area contributed by atoms with Crippen molar-refractivity contribution in [1.29, 1.82) is 0 Å². The van der Waals surface area contributed by atoms with Gasteiger partial charge in [-0.25, -0.2) is 0 Å². The van der Waals surface area contributed by atoms with Crippen LogP contribution < -0.4 is 0 Å². The zero-order valence-corrected chi connectivity index (χ0v) is 10.5. The number of nitrogens with zero attached hydrogens (tertiary/aromatic N) is 1. The Morgan fingerprint density at radius 3 is 2.39 bits per heavy atom. The van der Waals surface area contributed by atoms with Crippen LogP contribution in [0.1, 0.15) is 0 Å². The first kappa shape index (κ1) is 12.4. The topological polar surface area (TPSA) is 63.4 Å². The molecular weight excluding hydrogens is 250 g/mol. The fourth-order valence-electron chi connectivity index (χ4n) is 1.64. The predicted molar refractivity (Wildman–Crippen MR) is 72.0 cm³/mol. The fourth-order valence-corrected chi connectivity index (χ4v) is 2.05. The van der Waals surface area contributed by atoms with Crippen molar-refractivity contribution in [2.45, 2.75) is 4.90 Å². The lowest BCUT2D eigenvalue weighted by Gasteiger charge is -2.05. The second-order valence-corrected chi connectivity index (χ2v) is 4.57. The molecule has 0 aliphatic carbocycles. The predicted octanol–water partition coefficient (Wildman–Crippen LogP) is 3.69. The second-order valence-electron chi connectivity index (χ2n) is 3.69. The number of non-ortho nitro benzene ring substituents is 1. The summed E-state index contributed by atoms with van der Waals surface area (Å²) in [5, 5.41) is 20.5. The number of nitro groups is 1. The van der Waals surface area contributed by atoms with E-state index in [0.717, 1.165) is 10.5 Å². The monoisotopic (exact) mass is 261 g/mol. The summed E-state index contributed by atoms with van der Waals surface area (Å²) in [6.45, 7) is 0. The summed E-state index contributed by atoms with van der Waals surface area (Å²) >= 11 is 1.61. The van der Waals surface area contributed by atoms with Gasteiger partial charge in [-0.05, 0) is 30.0 Å². The third-order valence-corrected chi connectivity index (χ3v) is 3.34. The molecule has 0 saturated heterocycles. The largest absolute Gasteiger partial charge is 0.507 e. The number of nitro benzene ring substituents is 1. The van der Waals surface area contributed by atoms with Gasteiger partial charge in [-0.1, -0.05) is 12.1 Å². The lowest BCUT2D eigenvalue weighted by Crippen LogP contribution is -1.88. The molecule has 0 fully saturated rings. The van der Waals surface area contributed by atoms with E-state index in [-0.39, 0.29) is 11.4 Å². The zero-order valence-electron chi connectivity index (χ0n) is 9.66. The molecule has 92 valence electrons. The molecule has 18 heavy (non-hydrogen) atoms. The molecule has 1 N–H and O–H groups in total. The molecule has 5 heteroatoms. The van der Waals surface area contributed by atoms with E-state index in [9.17, 15) is 15.2 Å². The number of phenols is 1. The van der Waals surface area contributed by atoms with Gasteiger partial charge in [-0.2, -0.15) is 0 Å². The Balaban J connectivity index is 2.48. The third kappa shape index (κ3) is 2.46. The fraction of sp³-hybridized carbons (Fsp3) is 0.0769. The smallest absolute Gasteiger partial charge is 0.270 e. The van der Waals surface area contributed by atoms with Crippen LogP contribution in [0.15, 0.2) is 47.4 Å². The summed E-state index contributed by atoms with van der Waals surface area (Å²) in [7, 11) is 0. The average Bonchev–Trinajstić information content (AvgIpc) is 2.39. The lowest BCUT2D eigenvalue weighted by molar-refractivity contribution is -0.384. The lowest BCUT2D eigenvalue weighted by atomic mass is 10.0. The van der Waals surface area contributed by atoms with Gasteiger partial charge in [0.1, 0.15) is 5.75 Å². The zero-order chi connectivity index (χ0) is 13.1. The molecule has 0 amide bonds. The van der Waals surface area contributed by atoms with Crippen molar-refractivity contribution in [3.8, 4) is 16.9 Å². The number of thioether (sulfide) groups is 1. The Morgan fingerprint density at radius 2 is 1.83 bits per heavy atom. The number of hydrogen-bond acceptors (Lipinski definition) is 4. The molecule has 0 aliphatic heterocycles. The van der Waals surface area contributed by atoms with E-state index in [0.29, 0.717) is 5.56 Å². The van der Waals surface area contributed by atoms with Crippen LogP contribution in [0.3, 0.4) is 0 Å². The standard InChI is InChI=1S/C13H11NO3S/c1-18-11-5-2-9(3-6-11)12-8-10(14(16)17)4-7-13(12)15/h2-8,15H,1H3. The average molecular weight is 261 g/mol. The van der Waals surface area contributed by atoms with Gasteiger partial charge in [0, 0.05) is 22.6 Å². The van der Waals surface area contributed by atoms with E-state index >= 15 is 0 Å². The van der Waals surface area contributed by atoms with Gasteiger partial charge in [-0.15, -0.1) is 11.8 Å². The van der Waals surface area contributed by atoms with E-state index in [1.807, 2.05) is 30.5 Å². The Labute approximate surface area is 108 Å². The van der Waals surface area contributed by atoms with E-state index in [1.165, 1.54) is 18.2 Å². The highest BCUT2D eigenvalue weighted by Gasteiger charge is 2.11. The van der Waals surface area contributed by atoms with Crippen LogP contribution in [-0.4, -0.2) is 16.3 Å². The van der Waals surface area contributed by atoms with Gasteiger partial charge in [0.05, 0.1) is 4.92 Å². The SMILES string of the molecule is CSc1ccc(-c2cc([N+](=O)[O-])ccc2O)cc1. The molecule has 4 nitrogen and oxygen atoms in total. The molecule has 0 aliphatic rings. The molecule has 2 aromatic rings. The van der Waals surface area contributed by atoms with Gasteiger partial charge in [0.25, 0.3) is 5.69 Å². The van der Waals surface area contributed by atoms with Gasteiger partial charge in [-0.3, -0.25) is 10.1 Å². The van der Waals surface area contributed by atoms with Crippen LogP contribution in [0.4, 0.5) is 5.69 Å². The van der Waals surface area contributed by atoms with Crippen LogP contribution in [0.25, 0.3) is 11.1 Å². The van der Waals surface area contributed by atoms with Gasteiger partial charge in [0.2, 0.25) is 0 Å². The van der Waals surface area contributed by atoms with Crippen molar-refractivity contribution < 1.29 is 10.0 Å². The van der Waals surface area contributed by atoms with Crippen LogP contribution >= 0.6 is 11.8 Å². The molecular formula is C13H11NO3S. The number of rotatable bonds is 3. The summed E-state index contributed by atoms with van der Waals surface area (Å²) in [6.07, 6.45) is 1.97. The minimum Gasteiger partial charge on any atom is -0.507 e. The second kappa shape index (κ2) is 5.10. The summed E-state index contributed by atoms with van der Waals surface area (Å²) < 4.78 is 0. The van der Waals surface area contributed by atoms with Crippen molar-refractivity contribution in [3.05, 3.63) is 52.6 Å². The maximum Gasteiger partial charge on any atom is 0.270 e. The first-order valence-corrected chi connectivity index (χ1v) is 6.46. The van der Waals surface area contributed by atoms with Crippen molar-refractivity contribution >= 4 is 17.4 Å². The van der Waals surface area contributed by atoms with Crippen molar-refractivity contribution in [2.24, 2.45) is 0 Å². The molecule has 2 aromatic carbocycles. The Bertz CT molecular complexity index is 581. The maximum absolute atomic E-state index is 10.7. The Morgan fingerprint density at radius 1 is 1.17 bits per heavy atom. The molecule has 0 radical (unpaired) electrons. The highest BCUT2D eigenvalue weighted by molar-refractivity contribution is 7.98. The van der Waals surface area contributed by atoms with Gasteiger partial charge in [0.15, 0.2) is 0 Å². The van der Waals surface area contributed by atoms with Crippen LogP contribution in [0.5, 0.6) is 5.75 Å². The quantitative estimate of drug-likeness (QED) is 0.520. The van der Waals surface area contributed by atoms with E-state index < -0.39 is 4.92 Å². The van der Waals surface area contributed by atoms with Crippen LogP contribution in [0, 0.1) is 10.1 Å². The molecule has 0 spiro atoms. The van der Waals surface area contributed by atoms with Gasteiger partial charge >= 0.3 is 0 Å². The third-order valence-electron chi connectivity index (χ3n) is 2.59. The van der Waals surface area contributed by atoms with Gasteiger partial charge < -0.3 is 5.11 Å². The minimum atomic E-state index is -0.473. The molecule has 0 heterocycles. The highest BCUT2D eigenvalue weighted by Crippen LogP contribution is 2.33. The molecule has 0 unspecified atom stereocenters. The molecule has 0 bridgehead atoms. The Kier molecular flexibility index (Phi) is 3.53. The van der Waals surface area contributed by atoms with E-state index in [1.54, 1.807) is 11.8 Å². The molecule has 2 rings (SSSR count). The van der Waals surface area contributed by atoms with Crippen molar-refractivity contribution in [3.63, 3.8) is 0 Å². The normalized spacial score (nSPS) is 10.3. The molecule has 0 aromatic heterocycles. The summed E-state index contributed by atoms with van der Waals surface area (Å²) in [5.74, 6) is 0.0394. The van der Waals surface area contributed by atoms with Crippen LogP contribution in [0.2, 0.25) is 0 Å². The van der Waals surface area contributed by atoms with Crippen molar-refractivity contribution in [1.82, 2.24) is 0 Å². The van der Waals surface area contributed by atoms with Crippen LogP contribution in [-0.2, 0) is 0 Å². The summed E-state index contributed by atoms with van der Waals surface area (Å²) in [5.41, 5.74) is 1.20. The number of benzene rings is 2. The first-order chi connectivity index (χ1) is 8.61. The number of aromatic hydroxyl groups is 1. The van der Waals surface area contributed by atoms with E-state index in [4.69, 9.17) is 0 Å².